The molecular weight excluding hydrogens is 294 g/mol. The molecule has 3 aromatic rings. The van der Waals surface area contributed by atoms with E-state index in [1.807, 2.05) is 37.3 Å². The maximum Gasteiger partial charge on any atom is 0.316 e. The van der Waals surface area contributed by atoms with E-state index in [1.165, 1.54) is 12.4 Å². The summed E-state index contributed by atoms with van der Waals surface area (Å²) in [6.45, 7) is 2.93. The average Bonchev–Trinajstić information content (AvgIpc) is 3.11. The van der Waals surface area contributed by atoms with Crippen LogP contribution in [0.3, 0.4) is 0 Å². The van der Waals surface area contributed by atoms with Crippen molar-refractivity contribution in [2.45, 2.75) is 13.5 Å². The Balaban J connectivity index is 1.78. The van der Waals surface area contributed by atoms with Crippen LogP contribution < -0.4 is 0 Å². The van der Waals surface area contributed by atoms with E-state index in [-0.39, 0.29) is 17.6 Å². The van der Waals surface area contributed by atoms with E-state index in [0.717, 1.165) is 5.56 Å². The molecule has 1 aromatic carbocycles. The zero-order valence-electron chi connectivity index (χ0n) is 12.6. The maximum absolute atomic E-state index is 12.5. The molecule has 0 fully saturated rings. The van der Waals surface area contributed by atoms with Crippen LogP contribution in [0, 0.1) is 0 Å². The molecule has 0 atom stereocenters. The first kappa shape index (κ1) is 14.8. The molecule has 0 aliphatic heterocycles. The maximum atomic E-state index is 12.5. The van der Waals surface area contributed by atoms with Crippen molar-refractivity contribution in [3.05, 3.63) is 60.4 Å². The molecule has 0 bridgehead atoms. The van der Waals surface area contributed by atoms with E-state index in [4.69, 9.17) is 4.52 Å². The van der Waals surface area contributed by atoms with Crippen LogP contribution in [0.2, 0.25) is 0 Å². The van der Waals surface area contributed by atoms with Crippen molar-refractivity contribution in [3.63, 3.8) is 0 Å². The van der Waals surface area contributed by atoms with Crippen molar-refractivity contribution in [1.82, 2.24) is 25.0 Å². The summed E-state index contributed by atoms with van der Waals surface area (Å²) in [6.07, 6.45) is 4.59. The minimum Gasteiger partial charge on any atom is -0.330 e. The second kappa shape index (κ2) is 6.78. The third-order valence-corrected chi connectivity index (χ3v) is 3.29. The van der Waals surface area contributed by atoms with Crippen LogP contribution in [0.15, 0.2) is 53.4 Å². The normalized spacial score (nSPS) is 10.5. The van der Waals surface area contributed by atoms with E-state index >= 15 is 0 Å². The molecule has 7 heteroatoms. The molecule has 1 amide bonds. The number of nitrogens with zero attached hydrogens (tertiary/aromatic N) is 5. The molecule has 0 saturated carbocycles. The highest BCUT2D eigenvalue weighted by molar-refractivity contribution is 5.89. The Morgan fingerprint density at radius 1 is 1.22 bits per heavy atom. The topological polar surface area (TPSA) is 85.0 Å². The number of carbonyl (C=O) groups is 1. The Morgan fingerprint density at radius 2 is 2.04 bits per heavy atom. The van der Waals surface area contributed by atoms with Gasteiger partial charge in [-0.25, -0.2) is 4.98 Å². The minimum atomic E-state index is -0.306. The lowest BCUT2D eigenvalue weighted by Crippen LogP contribution is -2.30. The molecule has 23 heavy (non-hydrogen) atoms. The fourth-order valence-electron chi connectivity index (χ4n) is 2.10. The lowest BCUT2D eigenvalue weighted by Gasteiger charge is -2.18. The summed E-state index contributed by atoms with van der Waals surface area (Å²) in [7, 11) is 0. The van der Waals surface area contributed by atoms with E-state index in [0.29, 0.717) is 18.8 Å². The summed E-state index contributed by atoms with van der Waals surface area (Å²) in [4.78, 5) is 26.3. The standard InChI is InChI=1S/C16H15N5O2/c1-2-21(11-12-6-4-3-5-7-12)16(22)15-19-14(20-23-15)13-10-17-8-9-18-13/h3-10H,2,11H2,1H3. The molecule has 2 heterocycles. The highest BCUT2D eigenvalue weighted by atomic mass is 16.5. The Hall–Kier alpha value is -3.09. The Morgan fingerprint density at radius 3 is 2.74 bits per heavy atom. The molecule has 0 aliphatic carbocycles. The van der Waals surface area contributed by atoms with Crippen LogP contribution in [0.25, 0.3) is 11.5 Å². The minimum absolute atomic E-state index is 0.0524. The number of aromatic nitrogens is 4. The van der Waals surface area contributed by atoms with Gasteiger partial charge in [-0.1, -0.05) is 35.5 Å². The van der Waals surface area contributed by atoms with Gasteiger partial charge in [0.2, 0.25) is 5.82 Å². The molecule has 3 rings (SSSR count). The lowest BCUT2D eigenvalue weighted by atomic mass is 10.2. The summed E-state index contributed by atoms with van der Waals surface area (Å²) in [5, 5.41) is 3.80. The van der Waals surface area contributed by atoms with Crippen LogP contribution in [0.4, 0.5) is 0 Å². The number of rotatable bonds is 5. The predicted octanol–water partition coefficient (Wildman–Crippen LogP) is 2.19. The van der Waals surface area contributed by atoms with Crippen molar-refractivity contribution < 1.29 is 9.32 Å². The number of amides is 1. The van der Waals surface area contributed by atoms with Gasteiger partial charge in [-0.2, -0.15) is 4.98 Å². The predicted molar refractivity (Wildman–Crippen MR) is 82.2 cm³/mol. The molecule has 0 spiro atoms. The highest BCUT2D eigenvalue weighted by Gasteiger charge is 2.22. The SMILES string of the molecule is CCN(Cc1ccccc1)C(=O)c1nc(-c2cnccn2)no1. The first-order valence-corrected chi connectivity index (χ1v) is 7.21. The van der Waals surface area contributed by atoms with Crippen molar-refractivity contribution in [2.75, 3.05) is 6.54 Å². The van der Waals surface area contributed by atoms with Crippen LogP contribution in [0.5, 0.6) is 0 Å². The van der Waals surface area contributed by atoms with E-state index in [9.17, 15) is 4.79 Å². The lowest BCUT2D eigenvalue weighted by molar-refractivity contribution is 0.0702. The first-order valence-electron chi connectivity index (χ1n) is 7.21. The highest BCUT2D eigenvalue weighted by Crippen LogP contribution is 2.13. The Kier molecular flexibility index (Phi) is 4.37. The number of carbonyl (C=O) groups excluding carboxylic acids is 1. The zero-order valence-corrected chi connectivity index (χ0v) is 12.6. The second-order valence-corrected chi connectivity index (χ2v) is 4.82. The quantitative estimate of drug-likeness (QED) is 0.718. The molecule has 0 N–H and O–H groups in total. The molecule has 7 nitrogen and oxygen atoms in total. The first-order chi connectivity index (χ1) is 11.3. The number of hydrogen-bond acceptors (Lipinski definition) is 6. The van der Waals surface area contributed by atoms with Gasteiger partial charge in [-0.15, -0.1) is 0 Å². The van der Waals surface area contributed by atoms with Gasteiger partial charge in [0, 0.05) is 25.5 Å². The molecule has 116 valence electrons. The molecule has 0 unspecified atom stereocenters. The van der Waals surface area contributed by atoms with Gasteiger partial charge in [-0.05, 0) is 12.5 Å². The second-order valence-electron chi connectivity index (χ2n) is 4.82. The fraction of sp³-hybridized carbons (Fsp3) is 0.188. The smallest absolute Gasteiger partial charge is 0.316 e. The van der Waals surface area contributed by atoms with Crippen LogP contribution in [0.1, 0.15) is 23.2 Å². The summed E-state index contributed by atoms with van der Waals surface area (Å²) in [5.74, 6) is -0.111. The largest absolute Gasteiger partial charge is 0.330 e. The van der Waals surface area contributed by atoms with E-state index < -0.39 is 0 Å². The van der Waals surface area contributed by atoms with Gasteiger partial charge >= 0.3 is 11.8 Å². The zero-order chi connectivity index (χ0) is 16.1. The Bertz CT molecular complexity index is 773. The number of benzene rings is 1. The van der Waals surface area contributed by atoms with Crippen molar-refractivity contribution in [1.29, 1.82) is 0 Å². The molecule has 0 aliphatic rings. The van der Waals surface area contributed by atoms with E-state index in [1.54, 1.807) is 11.1 Å². The van der Waals surface area contributed by atoms with Gasteiger partial charge in [0.15, 0.2) is 0 Å². The monoisotopic (exact) mass is 309 g/mol. The van der Waals surface area contributed by atoms with Crippen molar-refractivity contribution in [2.24, 2.45) is 0 Å². The molecular formula is C16H15N5O2. The van der Waals surface area contributed by atoms with Gasteiger partial charge < -0.3 is 9.42 Å². The number of hydrogen-bond donors (Lipinski definition) is 0. The average molecular weight is 309 g/mol. The fourth-order valence-corrected chi connectivity index (χ4v) is 2.10. The molecule has 0 saturated heterocycles. The van der Waals surface area contributed by atoms with Crippen LogP contribution >= 0.6 is 0 Å². The summed E-state index contributed by atoms with van der Waals surface area (Å²) in [5.41, 5.74) is 1.50. The van der Waals surface area contributed by atoms with Gasteiger partial charge in [-0.3, -0.25) is 9.78 Å². The molecule has 0 radical (unpaired) electrons. The van der Waals surface area contributed by atoms with E-state index in [2.05, 4.69) is 20.1 Å². The molecule has 2 aromatic heterocycles. The van der Waals surface area contributed by atoms with Crippen molar-refractivity contribution in [3.8, 4) is 11.5 Å². The third-order valence-electron chi connectivity index (χ3n) is 3.29. The van der Waals surface area contributed by atoms with Crippen LogP contribution in [-0.4, -0.2) is 37.5 Å². The summed E-state index contributed by atoms with van der Waals surface area (Å²) < 4.78 is 5.08. The van der Waals surface area contributed by atoms with Crippen molar-refractivity contribution >= 4 is 5.91 Å². The van der Waals surface area contributed by atoms with Gasteiger partial charge in [0.05, 0.1) is 6.20 Å². The van der Waals surface area contributed by atoms with Gasteiger partial charge in [0.25, 0.3) is 0 Å². The van der Waals surface area contributed by atoms with Gasteiger partial charge in [0.1, 0.15) is 5.69 Å². The van der Waals surface area contributed by atoms with Crippen LogP contribution in [-0.2, 0) is 6.54 Å². The Labute approximate surface area is 133 Å². The summed E-state index contributed by atoms with van der Waals surface area (Å²) >= 11 is 0. The summed E-state index contributed by atoms with van der Waals surface area (Å²) in [6, 6.07) is 9.75. The third kappa shape index (κ3) is 3.39.